The van der Waals surface area contributed by atoms with Gasteiger partial charge in [0.1, 0.15) is 11.5 Å². The highest BCUT2D eigenvalue weighted by Gasteiger charge is 2.28. The Morgan fingerprint density at radius 1 is 0.516 bits per heavy atom. The first-order chi connectivity index (χ1) is 15.4. The topological polar surface area (TPSA) is 18.5 Å². The molecular weight excluding hydrogens is 380 g/mol. The van der Waals surface area contributed by atoms with Gasteiger partial charge in [0.05, 0.1) is 13.2 Å². The van der Waals surface area contributed by atoms with Gasteiger partial charge in [-0.3, -0.25) is 0 Å². The molecule has 6 rings (SSSR count). The number of hydrogen-bond acceptors (Lipinski definition) is 2. The van der Waals surface area contributed by atoms with E-state index in [4.69, 9.17) is 9.47 Å². The minimum Gasteiger partial charge on any atom is -0.492 e. The second-order valence-corrected chi connectivity index (χ2v) is 9.10. The minimum atomic E-state index is 0.428. The molecule has 1 fully saturated rings. The van der Waals surface area contributed by atoms with Crippen LogP contribution >= 0.6 is 0 Å². The van der Waals surface area contributed by atoms with Crippen LogP contribution in [0, 0.1) is 11.8 Å². The van der Waals surface area contributed by atoms with Gasteiger partial charge < -0.3 is 9.47 Å². The zero-order valence-corrected chi connectivity index (χ0v) is 17.8. The van der Waals surface area contributed by atoms with Gasteiger partial charge in [-0.1, -0.05) is 79.9 Å². The molecule has 0 amide bonds. The molecule has 2 aliphatic rings. The summed E-state index contributed by atoms with van der Waals surface area (Å²) >= 11 is 0. The van der Waals surface area contributed by atoms with Crippen LogP contribution in [0.4, 0.5) is 0 Å². The molecule has 0 saturated heterocycles. The largest absolute Gasteiger partial charge is 0.492 e. The van der Waals surface area contributed by atoms with Crippen molar-refractivity contribution in [1.82, 2.24) is 0 Å². The van der Waals surface area contributed by atoms with Crippen molar-refractivity contribution in [3.63, 3.8) is 0 Å². The standard InChI is InChI=1S/C29H28O2/c1-2-8-20(9-3-1)23-18-30-26-16-14-21-10-4-6-12-24(21)28(26)29-25-13-7-5-11-22(25)15-17-27(29)31-19-23/h4-7,10-17,20,23H,1-3,8-9,18-19H2. The van der Waals surface area contributed by atoms with Crippen molar-refractivity contribution in [3.8, 4) is 22.6 Å². The maximum atomic E-state index is 6.61. The van der Waals surface area contributed by atoms with E-state index in [-0.39, 0.29) is 0 Å². The third-order valence-corrected chi connectivity index (χ3v) is 7.25. The fraction of sp³-hybridized carbons (Fsp3) is 0.310. The van der Waals surface area contributed by atoms with Gasteiger partial charge in [-0.25, -0.2) is 0 Å². The smallest absolute Gasteiger partial charge is 0.127 e. The summed E-state index contributed by atoms with van der Waals surface area (Å²) in [7, 11) is 0. The Hall–Kier alpha value is -3.00. The molecule has 156 valence electrons. The number of benzene rings is 4. The van der Waals surface area contributed by atoms with Crippen LogP contribution in [0.25, 0.3) is 32.7 Å². The Morgan fingerprint density at radius 2 is 1.03 bits per heavy atom. The van der Waals surface area contributed by atoms with Crippen molar-refractivity contribution in [1.29, 1.82) is 0 Å². The molecule has 0 unspecified atom stereocenters. The summed E-state index contributed by atoms with van der Waals surface area (Å²) in [4.78, 5) is 0. The highest BCUT2D eigenvalue weighted by molar-refractivity contribution is 6.09. The molecule has 0 spiro atoms. The molecule has 0 aromatic heterocycles. The highest BCUT2D eigenvalue weighted by Crippen LogP contribution is 2.46. The van der Waals surface area contributed by atoms with E-state index >= 15 is 0 Å². The quantitative estimate of drug-likeness (QED) is 0.322. The molecule has 4 aromatic carbocycles. The Labute approximate surface area is 183 Å². The molecule has 2 heteroatoms. The molecule has 1 saturated carbocycles. The monoisotopic (exact) mass is 408 g/mol. The third kappa shape index (κ3) is 3.35. The van der Waals surface area contributed by atoms with Crippen LogP contribution in [0.15, 0.2) is 72.8 Å². The maximum Gasteiger partial charge on any atom is 0.127 e. The first-order valence-corrected chi connectivity index (χ1v) is 11.7. The second kappa shape index (κ2) is 7.92. The fourth-order valence-electron chi connectivity index (χ4n) is 5.58. The van der Waals surface area contributed by atoms with Gasteiger partial charge in [0.15, 0.2) is 0 Å². The normalized spacial score (nSPS) is 17.7. The molecule has 1 aliphatic carbocycles. The van der Waals surface area contributed by atoms with E-state index in [0.29, 0.717) is 11.8 Å². The highest BCUT2D eigenvalue weighted by atomic mass is 16.5. The van der Waals surface area contributed by atoms with Crippen molar-refractivity contribution in [3.05, 3.63) is 72.8 Å². The van der Waals surface area contributed by atoms with Gasteiger partial charge >= 0.3 is 0 Å². The summed E-state index contributed by atoms with van der Waals surface area (Å²) in [6, 6.07) is 25.9. The van der Waals surface area contributed by atoms with E-state index in [1.54, 1.807) is 0 Å². The fourth-order valence-corrected chi connectivity index (χ4v) is 5.58. The molecule has 0 bridgehead atoms. The lowest BCUT2D eigenvalue weighted by Gasteiger charge is -2.29. The summed E-state index contributed by atoms with van der Waals surface area (Å²) in [6.07, 6.45) is 6.64. The van der Waals surface area contributed by atoms with Crippen LogP contribution < -0.4 is 9.47 Å². The molecule has 2 nitrogen and oxygen atoms in total. The van der Waals surface area contributed by atoms with E-state index in [1.165, 1.54) is 53.6 Å². The summed E-state index contributed by atoms with van der Waals surface area (Å²) in [5.41, 5.74) is 2.32. The molecule has 1 heterocycles. The summed E-state index contributed by atoms with van der Waals surface area (Å²) in [5.74, 6) is 3.07. The maximum absolute atomic E-state index is 6.61. The van der Waals surface area contributed by atoms with Gasteiger partial charge in [-0.05, 0) is 52.4 Å². The average molecular weight is 409 g/mol. The van der Waals surface area contributed by atoms with Gasteiger partial charge in [0.25, 0.3) is 0 Å². The molecule has 0 radical (unpaired) electrons. The zero-order valence-electron chi connectivity index (χ0n) is 17.8. The summed E-state index contributed by atoms with van der Waals surface area (Å²) in [6.45, 7) is 1.45. The van der Waals surface area contributed by atoms with E-state index in [9.17, 15) is 0 Å². The first kappa shape index (κ1) is 18.7. The van der Waals surface area contributed by atoms with Crippen molar-refractivity contribution >= 4 is 21.5 Å². The Balaban J connectivity index is 1.58. The Kier molecular flexibility index (Phi) is 4.79. The average Bonchev–Trinajstić information content (AvgIpc) is 2.92. The second-order valence-electron chi connectivity index (χ2n) is 9.10. The van der Waals surface area contributed by atoms with Crippen LogP contribution in [0.3, 0.4) is 0 Å². The van der Waals surface area contributed by atoms with Gasteiger partial charge in [0.2, 0.25) is 0 Å². The lowest BCUT2D eigenvalue weighted by Crippen LogP contribution is -2.29. The van der Waals surface area contributed by atoms with Crippen LogP contribution in [0.2, 0.25) is 0 Å². The lowest BCUT2D eigenvalue weighted by atomic mass is 9.80. The van der Waals surface area contributed by atoms with E-state index in [1.807, 2.05) is 0 Å². The van der Waals surface area contributed by atoms with E-state index < -0.39 is 0 Å². The summed E-state index contributed by atoms with van der Waals surface area (Å²) in [5, 5.41) is 4.90. The predicted molar refractivity (Wildman–Crippen MR) is 128 cm³/mol. The number of fused-ring (bicyclic) bond motifs is 7. The van der Waals surface area contributed by atoms with Crippen LogP contribution in [-0.4, -0.2) is 13.2 Å². The Morgan fingerprint density at radius 3 is 1.58 bits per heavy atom. The molecular formula is C29H28O2. The van der Waals surface area contributed by atoms with E-state index in [0.717, 1.165) is 35.8 Å². The van der Waals surface area contributed by atoms with Crippen molar-refractivity contribution in [2.45, 2.75) is 32.1 Å². The van der Waals surface area contributed by atoms with Crippen LogP contribution in [-0.2, 0) is 0 Å². The number of hydrogen-bond donors (Lipinski definition) is 0. The van der Waals surface area contributed by atoms with Gasteiger partial charge in [-0.15, -0.1) is 0 Å². The number of rotatable bonds is 1. The minimum absolute atomic E-state index is 0.428. The first-order valence-electron chi connectivity index (χ1n) is 11.7. The van der Waals surface area contributed by atoms with Gasteiger partial charge in [-0.2, -0.15) is 0 Å². The Bertz CT molecular complexity index is 1150. The van der Waals surface area contributed by atoms with Crippen LogP contribution in [0.5, 0.6) is 11.5 Å². The predicted octanol–water partition coefficient (Wildman–Crippen LogP) is 7.63. The van der Waals surface area contributed by atoms with Crippen LogP contribution in [0.1, 0.15) is 32.1 Å². The summed E-state index contributed by atoms with van der Waals surface area (Å²) < 4.78 is 13.2. The molecule has 0 N–H and O–H groups in total. The van der Waals surface area contributed by atoms with E-state index in [2.05, 4.69) is 72.8 Å². The lowest BCUT2D eigenvalue weighted by molar-refractivity contribution is 0.111. The number of ether oxygens (including phenoxy) is 2. The van der Waals surface area contributed by atoms with Crippen molar-refractivity contribution in [2.75, 3.05) is 13.2 Å². The molecule has 0 atom stereocenters. The van der Waals surface area contributed by atoms with Crippen molar-refractivity contribution < 1.29 is 9.47 Å². The molecule has 1 aliphatic heterocycles. The molecule has 31 heavy (non-hydrogen) atoms. The SMILES string of the molecule is c1ccc2c3c(ccc2c1)OCC(C1CCCCC1)COc1ccc2ccccc2c1-3. The molecule has 4 aromatic rings. The zero-order chi connectivity index (χ0) is 20.6. The van der Waals surface area contributed by atoms with Crippen molar-refractivity contribution in [2.24, 2.45) is 11.8 Å². The van der Waals surface area contributed by atoms with Gasteiger partial charge in [0, 0.05) is 17.0 Å². The third-order valence-electron chi connectivity index (χ3n) is 7.25.